The van der Waals surface area contributed by atoms with Crippen molar-refractivity contribution in [3.05, 3.63) is 122 Å². The van der Waals surface area contributed by atoms with Crippen LogP contribution in [0, 0.1) is 0 Å². The summed E-state index contributed by atoms with van der Waals surface area (Å²) < 4.78 is 16.7. The van der Waals surface area contributed by atoms with Crippen LogP contribution in [0.3, 0.4) is 0 Å². The Morgan fingerprint density at radius 2 is 0.506 bits per heavy atom. The molecule has 0 rings (SSSR count). The smallest absolute Gasteiger partial charge is 0.306 e. The van der Waals surface area contributed by atoms with Gasteiger partial charge in [0.25, 0.3) is 0 Å². The first-order valence-electron chi connectivity index (χ1n) is 33.0. The van der Waals surface area contributed by atoms with Gasteiger partial charge in [-0.3, -0.25) is 14.4 Å². The summed E-state index contributed by atoms with van der Waals surface area (Å²) in [6.45, 7) is 6.39. The third-order valence-electron chi connectivity index (χ3n) is 14.0. The second-order valence-electron chi connectivity index (χ2n) is 21.6. The average Bonchev–Trinajstić information content (AvgIpc) is 3.45. The molecule has 0 amide bonds. The molecule has 1 unspecified atom stereocenters. The summed E-state index contributed by atoms with van der Waals surface area (Å²) in [7, 11) is 0. The van der Waals surface area contributed by atoms with E-state index in [-0.39, 0.29) is 37.5 Å². The van der Waals surface area contributed by atoms with Crippen molar-refractivity contribution < 1.29 is 28.6 Å². The van der Waals surface area contributed by atoms with Crippen molar-refractivity contribution in [1.29, 1.82) is 0 Å². The Balaban J connectivity index is 4.06. The van der Waals surface area contributed by atoms with Crippen molar-refractivity contribution in [3.63, 3.8) is 0 Å². The molecule has 0 fully saturated rings. The Morgan fingerprint density at radius 3 is 0.810 bits per heavy atom. The van der Waals surface area contributed by atoms with Gasteiger partial charge in [0.05, 0.1) is 0 Å². The minimum Gasteiger partial charge on any atom is -0.462 e. The van der Waals surface area contributed by atoms with E-state index >= 15 is 0 Å². The largest absolute Gasteiger partial charge is 0.462 e. The number of ether oxygens (including phenoxy) is 3. The molecular formula is C73H122O6. The van der Waals surface area contributed by atoms with Gasteiger partial charge in [0.1, 0.15) is 13.2 Å². The lowest BCUT2D eigenvalue weighted by Crippen LogP contribution is -2.30. The Kier molecular flexibility index (Phi) is 62.8. The predicted octanol–water partition coefficient (Wildman–Crippen LogP) is 22.8. The van der Waals surface area contributed by atoms with Gasteiger partial charge in [0.2, 0.25) is 0 Å². The van der Waals surface area contributed by atoms with Crippen molar-refractivity contribution in [2.24, 2.45) is 0 Å². The van der Waals surface area contributed by atoms with Crippen LogP contribution < -0.4 is 0 Å². The molecule has 0 heterocycles. The highest BCUT2D eigenvalue weighted by atomic mass is 16.6. The van der Waals surface area contributed by atoms with Gasteiger partial charge in [-0.1, -0.05) is 296 Å². The van der Waals surface area contributed by atoms with Gasteiger partial charge in [-0.25, -0.2) is 0 Å². The lowest BCUT2D eigenvalue weighted by Gasteiger charge is -2.18. The van der Waals surface area contributed by atoms with Crippen LogP contribution in [0.1, 0.15) is 303 Å². The fourth-order valence-corrected chi connectivity index (χ4v) is 9.03. The lowest BCUT2D eigenvalue weighted by molar-refractivity contribution is -0.167. The molecule has 0 aromatic rings. The minimum absolute atomic E-state index is 0.101. The van der Waals surface area contributed by atoms with E-state index in [1.807, 2.05) is 0 Å². The summed E-state index contributed by atoms with van der Waals surface area (Å²) in [6, 6.07) is 0. The lowest BCUT2D eigenvalue weighted by atomic mass is 10.0. The summed E-state index contributed by atoms with van der Waals surface area (Å²) in [5.74, 6) is -0.972. The molecule has 6 nitrogen and oxygen atoms in total. The maximum Gasteiger partial charge on any atom is 0.306 e. The molecule has 0 N–H and O–H groups in total. The Bertz CT molecular complexity index is 1640. The van der Waals surface area contributed by atoms with E-state index in [2.05, 4.69) is 142 Å². The molecule has 0 spiro atoms. The number of carbonyl (C=O) groups is 3. The van der Waals surface area contributed by atoms with Crippen LogP contribution in [0.25, 0.3) is 0 Å². The topological polar surface area (TPSA) is 78.9 Å². The molecule has 0 aliphatic heterocycles. The van der Waals surface area contributed by atoms with Gasteiger partial charge < -0.3 is 14.2 Å². The van der Waals surface area contributed by atoms with E-state index in [4.69, 9.17) is 14.2 Å². The number of esters is 3. The number of carbonyl (C=O) groups excluding carboxylic acids is 3. The molecule has 0 aromatic carbocycles. The van der Waals surface area contributed by atoms with E-state index in [9.17, 15) is 14.4 Å². The summed E-state index contributed by atoms with van der Waals surface area (Å²) in [5, 5.41) is 0. The van der Waals surface area contributed by atoms with Gasteiger partial charge in [-0.15, -0.1) is 0 Å². The number of unbranched alkanes of at least 4 members (excludes halogenated alkanes) is 28. The normalized spacial score (nSPS) is 12.9. The highest BCUT2D eigenvalue weighted by molar-refractivity contribution is 5.71. The molecule has 0 aliphatic carbocycles. The molecule has 0 saturated carbocycles. The highest BCUT2D eigenvalue weighted by Crippen LogP contribution is 2.16. The number of allylic oxidation sites excluding steroid dienone is 20. The molecular weight excluding hydrogens is 973 g/mol. The summed E-state index contributed by atoms with van der Waals surface area (Å²) in [5.41, 5.74) is 0. The zero-order valence-corrected chi connectivity index (χ0v) is 51.6. The van der Waals surface area contributed by atoms with Crippen LogP contribution in [-0.2, 0) is 28.6 Å². The molecule has 0 radical (unpaired) electrons. The van der Waals surface area contributed by atoms with E-state index in [0.717, 1.165) is 116 Å². The van der Waals surface area contributed by atoms with E-state index < -0.39 is 6.10 Å². The van der Waals surface area contributed by atoms with Gasteiger partial charge in [-0.05, 0) is 109 Å². The molecule has 0 bridgehead atoms. The van der Waals surface area contributed by atoms with E-state index in [1.54, 1.807) is 0 Å². The average molecular weight is 1100 g/mol. The van der Waals surface area contributed by atoms with Crippen molar-refractivity contribution in [2.75, 3.05) is 13.2 Å². The second kappa shape index (κ2) is 66.3. The fraction of sp³-hybridized carbons (Fsp3) is 0.685. The Hall–Kier alpha value is -4.19. The van der Waals surface area contributed by atoms with Crippen LogP contribution in [0.5, 0.6) is 0 Å². The number of hydrogen-bond acceptors (Lipinski definition) is 6. The zero-order valence-electron chi connectivity index (χ0n) is 51.6. The quantitative estimate of drug-likeness (QED) is 0.0261. The van der Waals surface area contributed by atoms with Crippen LogP contribution in [0.4, 0.5) is 0 Å². The molecule has 79 heavy (non-hydrogen) atoms. The molecule has 6 heteroatoms. The van der Waals surface area contributed by atoms with Gasteiger partial charge in [0.15, 0.2) is 6.10 Å². The van der Waals surface area contributed by atoms with Crippen LogP contribution in [0.2, 0.25) is 0 Å². The predicted molar refractivity (Wildman–Crippen MR) is 343 cm³/mol. The molecule has 0 saturated heterocycles. The monoisotopic (exact) mass is 1090 g/mol. The number of rotatable bonds is 59. The maximum absolute atomic E-state index is 12.8. The van der Waals surface area contributed by atoms with Gasteiger partial charge >= 0.3 is 17.9 Å². The summed E-state index contributed by atoms with van der Waals surface area (Å²) in [4.78, 5) is 37.9. The SMILES string of the molecule is CC/C=C\C/C=C\C/C=C\C/C=C\C/C=C\C/C=C\C/C=C\CCCC(=O)OC(COC(=O)CCCCCCC)COC(=O)CCCCCCCCCCCCCCCCCCCC/C=C\C/C=C\C/C=C\CCCCCCC. The first-order chi connectivity index (χ1) is 39.0. The maximum atomic E-state index is 12.8. The molecule has 450 valence electrons. The minimum atomic E-state index is -0.807. The molecule has 1 atom stereocenters. The van der Waals surface area contributed by atoms with Crippen molar-refractivity contribution in [3.8, 4) is 0 Å². The molecule has 0 aromatic heterocycles. The third-order valence-corrected chi connectivity index (χ3v) is 14.0. The Labute approximate surface area is 488 Å². The first kappa shape index (κ1) is 74.8. The van der Waals surface area contributed by atoms with Crippen LogP contribution in [-0.4, -0.2) is 37.2 Å². The summed E-state index contributed by atoms with van der Waals surface area (Å²) in [6.07, 6.45) is 92.8. The van der Waals surface area contributed by atoms with Crippen LogP contribution >= 0.6 is 0 Å². The van der Waals surface area contributed by atoms with Gasteiger partial charge in [0, 0.05) is 19.3 Å². The molecule has 0 aliphatic rings. The standard InChI is InChI=1S/C73H122O6/c1-4-7-10-13-15-17-19-21-23-25-27-29-31-32-33-34-35-36-37-38-39-40-42-43-45-47-49-51-53-55-57-60-63-66-72(75)78-69-70(68-77-71(74)65-62-59-12-9-6-3)79-73(76)67-64-61-58-56-54-52-50-48-46-44-41-30-28-26-24-22-20-18-16-14-11-8-5-2/h8,11,16,18-19,21-22,24-25,27-28,30-32,44,46,50,52,56,58,70H,4-7,9-10,12-15,17,20,23,26,29,33-43,45,47-49,51,53-55,57,59-69H2,1-3H3/b11-8-,18-16-,21-19-,24-22-,27-25-,30-28-,32-31-,46-44-,52-50-,58-56-. The number of hydrogen-bond donors (Lipinski definition) is 0. The van der Waals surface area contributed by atoms with E-state index in [1.165, 1.54) is 141 Å². The van der Waals surface area contributed by atoms with Crippen molar-refractivity contribution in [2.45, 2.75) is 309 Å². The van der Waals surface area contributed by atoms with Crippen LogP contribution in [0.15, 0.2) is 122 Å². The Morgan fingerprint density at radius 1 is 0.266 bits per heavy atom. The van der Waals surface area contributed by atoms with Crippen molar-refractivity contribution >= 4 is 17.9 Å². The first-order valence-corrected chi connectivity index (χ1v) is 33.0. The fourth-order valence-electron chi connectivity index (χ4n) is 9.03. The summed E-state index contributed by atoms with van der Waals surface area (Å²) >= 11 is 0. The van der Waals surface area contributed by atoms with Gasteiger partial charge in [-0.2, -0.15) is 0 Å². The second-order valence-corrected chi connectivity index (χ2v) is 21.6. The van der Waals surface area contributed by atoms with Crippen molar-refractivity contribution in [1.82, 2.24) is 0 Å². The van der Waals surface area contributed by atoms with E-state index in [0.29, 0.717) is 19.3 Å². The highest BCUT2D eigenvalue weighted by Gasteiger charge is 2.19. The third kappa shape index (κ3) is 64.5. The zero-order chi connectivity index (χ0) is 57.1.